The van der Waals surface area contributed by atoms with Crippen molar-refractivity contribution in [2.75, 3.05) is 5.32 Å². The summed E-state index contributed by atoms with van der Waals surface area (Å²) in [6.45, 7) is 2.79. The van der Waals surface area contributed by atoms with E-state index in [0.29, 0.717) is 18.4 Å². The molecule has 1 aromatic heterocycles. The maximum absolute atomic E-state index is 5.86. The Hall–Kier alpha value is -1.55. The number of nitrogens with one attached hydrogen (secondary N) is 1. The molecule has 1 aliphatic rings. The summed E-state index contributed by atoms with van der Waals surface area (Å²) in [5, 5.41) is 8.13. The van der Waals surface area contributed by atoms with Gasteiger partial charge in [0.2, 0.25) is 5.89 Å². The lowest BCUT2D eigenvalue weighted by Gasteiger charge is -2.04. The molecule has 5 heteroatoms. The maximum atomic E-state index is 5.86. The molecule has 0 amide bonds. The van der Waals surface area contributed by atoms with Crippen LogP contribution in [0.4, 0.5) is 5.69 Å². The van der Waals surface area contributed by atoms with Gasteiger partial charge in [-0.25, -0.2) is 0 Å². The van der Waals surface area contributed by atoms with Crippen molar-refractivity contribution in [1.29, 1.82) is 0 Å². The Morgan fingerprint density at radius 3 is 2.81 bits per heavy atom. The fraction of sp³-hybridized carbons (Fsp3) is 0.500. The van der Waals surface area contributed by atoms with Crippen molar-refractivity contribution in [3.05, 3.63) is 41.0 Å². The predicted octanol–water partition coefficient (Wildman–Crippen LogP) is 4.63. The van der Waals surface area contributed by atoms with E-state index in [0.717, 1.165) is 22.5 Å². The van der Waals surface area contributed by atoms with Gasteiger partial charge in [-0.05, 0) is 49.4 Å². The summed E-state index contributed by atoms with van der Waals surface area (Å²) < 4.78 is 5.34. The number of anilines is 1. The van der Waals surface area contributed by atoms with Crippen LogP contribution in [0.25, 0.3) is 0 Å². The monoisotopic (exact) mass is 305 g/mol. The van der Waals surface area contributed by atoms with E-state index in [2.05, 4.69) is 22.4 Å². The molecule has 21 heavy (non-hydrogen) atoms. The minimum absolute atomic E-state index is 0.475. The van der Waals surface area contributed by atoms with Gasteiger partial charge in [-0.3, -0.25) is 0 Å². The van der Waals surface area contributed by atoms with Gasteiger partial charge in [0.1, 0.15) is 0 Å². The molecule has 1 aliphatic carbocycles. The number of nitrogens with zero attached hydrogens (tertiary/aromatic N) is 2. The summed E-state index contributed by atoms with van der Waals surface area (Å²) in [7, 11) is 0. The Bertz CT molecular complexity index is 581. The number of halogens is 1. The number of aromatic nitrogens is 2. The summed E-state index contributed by atoms with van der Waals surface area (Å²) in [6.07, 6.45) is 4.91. The van der Waals surface area contributed by atoms with Gasteiger partial charge in [-0.2, -0.15) is 4.98 Å². The largest absolute Gasteiger partial charge is 0.376 e. The first-order chi connectivity index (χ1) is 10.2. The SMILES string of the molecule is CCC1CCC(c2noc(CNc3ccc(Cl)cc3)n2)C1. The second kappa shape index (κ2) is 6.48. The van der Waals surface area contributed by atoms with Crippen molar-refractivity contribution in [2.45, 2.75) is 45.1 Å². The maximum Gasteiger partial charge on any atom is 0.245 e. The normalized spacial score (nSPS) is 21.6. The standard InChI is InChI=1S/C16H20ClN3O/c1-2-11-3-4-12(9-11)16-19-15(21-20-16)10-18-14-7-5-13(17)6-8-14/h5-8,11-12,18H,2-4,9-10H2,1H3. The summed E-state index contributed by atoms with van der Waals surface area (Å²) in [5.41, 5.74) is 0.992. The summed E-state index contributed by atoms with van der Waals surface area (Å²) in [4.78, 5) is 4.53. The molecule has 0 aliphatic heterocycles. The van der Waals surface area contributed by atoms with Crippen molar-refractivity contribution >= 4 is 17.3 Å². The minimum atomic E-state index is 0.475. The molecule has 0 bridgehead atoms. The fourth-order valence-electron chi connectivity index (χ4n) is 2.93. The first-order valence-corrected chi connectivity index (χ1v) is 7.94. The molecule has 1 saturated carbocycles. The molecule has 0 saturated heterocycles. The quantitative estimate of drug-likeness (QED) is 0.875. The fourth-order valence-corrected chi connectivity index (χ4v) is 3.06. The molecule has 112 valence electrons. The molecule has 2 aromatic rings. The number of benzene rings is 1. The highest BCUT2D eigenvalue weighted by Gasteiger charge is 2.28. The topological polar surface area (TPSA) is 51.0 Å². The number of rotatable bonds is 5. The van der Waals surface area contributed by atoms with Gasteiger partial charge in [0.15, 0.2) is 5.82 Å². The Kier molecular flexibility index (Phi) is 4.44. The third-order valence-corrected chi connectivity index (χ3v) is 4.51. The number of hydrogen-bond donors (Lipinski definition) is 1. The van der Waals surface area contributed by atoms with Crippen LogP contribution in [-0.4, -0.2) is 10.1 Å². The average Bonchev–Trinajstić information content (AvgIpc) is 3.15. The third kappa shape index (κ3) is 3.56. The molecule has 1 N–H and O–H groups in total. The molecule has 1 heterocycles. The molecule has 0 spiro atoms. The Labute approximate surface area is 129 Å². The Balaban J connectivity index is 1.57. The van der Waals surface area contributed by atoms with Crippen LogP contribution in [0.2, 0.25) is 5.02 Å². The average molecular weight is 306 g/mol. The van der Waals surface area contributed by atoms with Crippen molar-refractivity contribution in [1.82, 2.24) is 10.1 Å². The van der Waals surface area contributed by atoms with Gasteiger partial charge in [0, 0.05) is 16.6 Å². The van der Waals surface area contributed by atoms with Crippen LogP contribution in [0.5, 0.6) is 0 Å². The van der Waals surface area contributed by atoms with Crippen molar-refractivity contribution < 1.29 is 4.52 Å². The molecule has 2 unspecified atom stereocenters. The first kappa shape index (κ1) is 14.4. The zero-order valence-electron chi connectivity index (χ0n) is 12.2. The summed E-state index contributed by atoms with van der Waals surface area (Å²) >= 11 is 5.86. The van der Waals surface area contributed by atoms with Gasteiger partial charge in [0.05, 0.1) is 6.54 Å². The summed E-state index contributed by atoms with van der Waals surface area (Å²) in [6, 6.07) is 7.57. The number of hydrogen-bond acceptors (Lipinski definition) is 4. The first-order valence-electron chi connectivity index (χ1n) is 7.56. The molecular formula is C16H20ClN3O. The zero-order chi connectivity index (χ0) is 14.7. The van der Waals surface area contributed by atoms with E-state index in [1.165, 1.54) is 25.7 Å². The van der Waals surface area contributed by atoms with E-state index in [-0.39, 0.29) is 0 Å². The van der Waals surface area contributed by atoms with Gasteiger partial charge in [-0.1, -0.05) is 30.1 Å². The van der Waals surface area contributed by atoms with E-state index < -0.39 is 0 Å². The van der Waals surface area contributed by atoms with Gasteiger partial charge < -0.3 is 9.84 Å². The zero-order valence-corrected chi connectivity index (χ0v) is 12.9. The Morgan fingerprint density at radius 2 is 2.10 bits per heavy atom. The van der Waals surface area contributed by atoms with Crippen LogP contribution in [0, 0.1) is 5.92 Å². The highest BCUT2D eigenvalue weighted by atomic mass is 35.5. The molecule has 2 atom stereocenters. The molecular weight excluding hydrogens is 286 g/mol. The van der Waals surface area contributed by atoms with Crippen LogP contribution < -0.4 is 5.32 Å². The van der Waals surface area contributed by atoms with Gasteiger partial charge in [-0.15, -0.1) is 0 Å². The van der Waals surface area contributed by atoms with E-state index in [9.17, 15) is 0 Å². The van der Waals surface area contributed by atoms with E-state index in [4.69, 9.17) is 16.1 Å². The lowest BCUT2D eigenvalue weighted by atomic mass is 10.0. The predicted molar refractivity (Wildman–Crippen MR) is 83.4 cm³/mol. The van der Waals surface area contributed by atoms with Gasteiger partial charge >= 0.3 is 0 Å². The highest BCUT2D eigenvalue weighted by Crippen LogP contribution is 2.38. The third-order valence-electron chi connectivity index (χ3n) is 4.26. The molecule has 3 rings (SSSR count). The smallest absolute Gasteiger partial charge is 0.245 e. The van der Waals surface area contributed by atoms with Crippen LogP contribution in [0.3, 0.4) is 0 Å². The van der Waals surface area contributed by atoms with Crippen molar-refractivity contribution in [3.63, 3.8) is 0 Å². The van der Waals surface area contributed by atoms with Crippen LogP contribution >= 0.6 is 11.6 Å². The second-order valence-electron chi connectivity index (χ2n) is 5.69. The van der Waals surface area contributed by atoms with E-state index in [1.807, 2.05) is 24.3 Å². The second-order valence-corrected chi connectivity index (χ2v) is 6.13. The van der Waals surface area contributed by atoms with Gasteiger partial charge in [0.25, 0.3) is 0 Å². The summed E-state index contributed by atoms with van der Waals surface area (Å²) in [5.74, 6) is 2.81. The van der Waals surface area contributed by atoms with Crippen LogP contribution in [0.1, 0.15) is 50.2 Å². The minimum Gasteiger partial charge on any atom is -0.376 e. The van der Waals surface area contributed by atoms with Crippen LogP contribution in [0.15, 0.2) is 28.8 Å². The van der Waals surface area contributed by atoms with Crippen LogP contribution in [-0.2, 0) is 6.54 Å². The molecule has 4 nitrogen and oxygen atoms in total. The highest BCUT2D eigenvalue weighted by molar-refractivity contribution is 6.30. The van der Waals surface area contributed by atoms with E-state index in [1.54, 1.807) is 0 Å². The Morgan fingerprint density at radius 1 is 1.29 bits per heavy atom. The lowest BCUT2D eigenvalue weighted by molar-refractivity contribution is 0.373. The van der Waals surface area contributed by atoms with Crippen molar-refractivity contribution in [3.8, 4) is 0 Å². The van der Waals surface area contributed by atoms with E-state index >= 15 is 0 Å². The van der Waals surface area contributed by atoms with Crippen molar-refractivity contribution in [2.24, 2.45) is 5.92 Å². The molecule has 1 fully saturated rings. The molecule has 0 radical (unpaired) electrons. The molecule has 1 aromatic carbocycles. The lowest BCUT2D eigenvalue weighted by Crippen LogP contribution is -2.01.